The molecule has 0 saturated heterocycles. The second-order valence-electron chi connectivity index (χ2n) is 7.09. The molecule has 0 bridgehead atoms. The molecule has 0 aromatic rings. The second kappa shape index (κ2) is 15.2. The van der Waals surface area contributed by atoms with Crippen LogP contribution >= 0.6 is 0 Å². The van der Waals surface area contributed by atoms with Crippen LogP contribution in [-0.4, -0.2) is 43.0 Å². The van der Waals surface area contributed by atoms with Gasteiger partial charge in [0.2, 0.25) is 11.8 Å². The van der Waals surface area contributed by atoms with E-state index in [9.17, 15) is 9.59 Å². The number of carbonyl (C=O) groups excluding carboxylic acids is 2. The lowest BCUT2D eigenvalue weighted by Crippen LogP contribution is -2.41. The lowest BCUT2D eigenvalue weighted by molar-refractivity contribution is -0.139. The number of nitrogens with zero attached hydrogens (tertiary/aromatic N) is 1. The summed E-state index contributed by atoms with van der Waals surface area (Å²) in [6.07, 6.45) is 9.24. The van der Waals surface area contributed by atoms with Crippen molar-refractivity contribution in [3.63, 3.8) is 0 Å². The third kappa shape index (κ3) is 12.0. The number of primary amides is 1. The second-order valence-corrected chi connectivity index (χ2v) is 7.09. The van der Waals surface area contributed by atoms with E-state index in [0.29, 0.717) is 11.8 Å². The topological polar surface area (TPSA) is 72.6 Å². The molecule has 0 heterocycles. The molecule has 148 valence electrons. The van der Waals surface area contributed by atoms with Gasteiger partial charge in [-0.25, -0.2) is 0 Å². The van der Waals surface area contributed by atoms with Crippen molar-refractivity contribution < 1.29 is 14.3 Å². The summed E-state index contributed by atoms with van der Waals surface area (Å²) < 4.78 is 5.16. The molecule has 2 amide bonds. The van der Waals surface area contributed by atoms with Crippen LogP contribution in [0.15, 0.2) is 0 Å². The summed E-state index contributed by atoms with van der Waals surface area (Å²) in [7, 11) is 0. The molecule has 0 aliphatic heterocycles. The van der Waals surface area contributed by atoms with Crippen LogP contribution in [-0.2, 0) is 14.3 Å². The van der Waals surface area contributed by atoms with E-state index in [2.05, 4.69) is 27.7 Å². The van der Waals surface area contributed by atoms with E-state index in [0.717, 1.165) is 38.8 Å². The van der Waals surface area contributed by atoms with Gasteiger partial charge in [0.25, 0.3) is 0 Å². The van der Waals surface area contributed by atoms with Crippen LogP contribution in [0, 0.1) is 11.8 Å². The summed E-state index contributed by atoms with van der Waals surface area (Å²) in [6.45, 7) is 10.1. The molecule has 2 atom stereocenters. The molecule has 0 spiro atoms. The first-order valence-corrected chi connectivity index (χ1v) is 10.1. The highest BCUT2D eigenvalue weighted by molar-refractivity contribution is 5.78. The molecule has 0 aliphatic carbocycles. The Hall–Kier alpha value is -1.10. The zero-order valence-electron chi connectivity index (χ0n) is 16.9. The molecule has 0 rings (SSSR count). The highest BCUT2D eigenvalue weighted by Crippen LogP contribution is 2.19. The maximum absolute atomic E-state index is 12.6. The maximum atomic E-state index is 12.6. The van der Waals surface area contributed by atoms with Crippen molar-refractivity contribution in [1.82, 2.24) is 4.90 Å². The van der Waals surface area contributed by atoms with Gasteiger partial charge in [0.05, 0.1) is 0 Å². The Balaban J connectivity index is 4.81. The van der Waals surface area contributed by atoms with Crippen LogP contribution in [0.2, 0.25) is 0 Å². The van der Waals surface area contributed by atoms with Crippen LogP contribution in [0.1, 0.15) is 79.1 Å². The minimum atomic E-state index is -0.539. The number of unbranched alkanes of at least 4 members (excludes halogenated alkanes) is 2. The fourth-order valence-corrected chi connectivity index (χ4v) is 3.07. The Bertz CT molecular complexity index is 343. The van der Waals surface area contributed by atoms with Gasteiger partial charge < -0.3 is 15.4 Å². The van der Waals surface area contributed by atoms with Gasteiger partial charge in [0.15, 0.2) is 0 Å². The summed E-state index contributed by atoms with van der Waals surface area (Å²) in [4.78, 5) is 25.4. The van der Waals surface area contributed by atoms with E-state index in [1.54, 1.807) is 0 Å². The van der Waals surface area contributed by atoms with Gasteiger partial charge >= 0.3 is 0 Å². The summed E-state index contributed by atoms with van der Waals surface area (Å²) >= 11 is 0. The lowest BCUT2D eigenvalue weighted by Gasteiger charge is -2.30. The zero-order valence-corrected chi connectivity index (χ0v) is 16.9. The molecule has 0 saturated carbocycles. The van der Waals surface area contributed by atoms with Crippen molar-refractivity contribution in [3.05, 3.63) is 0 Å². The van der Waals surface area contributed by atoms with E-state index in [1.165, 1.54) is 25.7 Å². The first-order valence-electron chi connectivity index (χ1n) is 10.1. The predicted octanol–water partition coefficient (Wildman–Crippen LogP) is 3.75. The zero-order chi connectivity index (χ0) is 19.1. The fourth-order valence-electron chi connectivity index (χ4n) is 3.07. The number of ether oxygens (including phenoxy) is 1. The van der Waals surface area contributed by atoms with Gasteiger partial charge in [-0.15, -0.1) is 0 Å². The van der Waals surface area contributed by atoms with Gasteiger partial charge in [-0.3, -0.25) is 9.59 Å². The van der Waals surface area contributed by atoms with Gasteiger partial charge in [-0.05, 0) is 24.7 Å². The molecule has 0 aromatic heterocycles. The van der Waals surface area contributed by atoms with E-state index in [1.807, 2.05) is 4.90 Å². The number of hydrogen-bond acceptors (Lipinski definition) is 3. The van der Waals surface area contributed by atoms with Gasteiger partial charge in [-0.1, -0.05) is 66.2 Å². The van der Waals surface area contributed by atoms with E-state index in [4.69, 9.17) is 10.5 Å². The van der Waals surface area contributed by atoms with Crippen molar-refractivity contribution in [2.75, 3.05) is 26.3 Å². The highest BCUT2D eigenvalue weighted by atomic mass is 16.5. The quantitative estimate of drug-likeness (QED) is 0.458. The first kappa shape index (κ1) is 23.9. The van der Waals surface area contributed by atoms with Crippen LogP contribution in [0.4, 0.5) is 0 Å². The molecule has 0 aromatic carbocycles. The fraction of sp³-hybridized carbons (Fsp3) is 0.900. The lowest BCUT2D eigenvalue weighted by atomic mass is 9.95. The molecule has 0 aliphatic rings. The number of rotatable bonds is 16. The van der Waals surface area contributed by atoms with Crippen LogP contribution in [0.5, 0.6) is 0 Å². The van der Waals surface area contributed by atoms with Crippen molar-refractivity contribution in [2.45, 2.75) is 79.1 Å². The highest BCUT2D eigenvalue weighted by Gasteiger charge is 2.21. The molecule has 0 fully saturated rings. The summed E-state index contributed by atoms with van der Waals surface area (Å²) in [5.74, 6) is 0.502. The van der Waals surface area contributed by atoms with E-state index in [-0.39, 0.29) is 19.1 Å². The van der Waals surface area contributed by atoms with Crippen LogP contribution in [0.3, 0.4) is 0 Å². The Morgan fingerprint density at radius 2 is 1.36 bits per heavy atom. The van der Waals surface area contributed by atoms with Crippen molar-refractivity contribution >= 4 is 11.8 Å². The van der Waals surface area contributed by atoms with Crippen molar-refractivity contribution in [3.8, 4) is 0 Å². The standard InChI is InChI=1S/C20H40N2O3/c1-5-9-11-17(7-3)13-22(14-18(8-4)12-10-6-2)20(24)16-25-15-19(21)23/h17-18H,5-16H2,1-4H3,(H2,21,23). The molecular formula is C20H40N2O3. The Labute approximate surface area is 154 Å². The number of hydrogen-bond donors (Lipinski definition) is 1. The predicted molar refractivity (Wildman–Crippen MR) is 103 cm³/mol. The SMILES string of the molecule is CCCCC(CC)CN(CC(CC)CCCC)C(=O)COCC(N)=O. The Morgan fingerprint density at radius 3 is 1.72 bits per heavy atom. The maximum Gasteiger partial charge on any atom is 0.248 e. The molecule has 2 unspecified atom stereocenters. The van der Waals surface area contributed by atoms with Crippen molar-refractivity contribution in [1.29, 1.82) is 0 Å². The molecule has 5 heteroatoms. The first-order chi connectivity index (χ1) is 12.0. The third-order valence-electron chi connectivity index (χ3n) is 4.87. The van der Waals surface area contributed by atoms with Crippen LogP contribution in [0.25, 0.3) is 0 Å². The molecular weight excluding hydrogens is 316 g/mol. The summed E-state index contributed by atoms with van der Waals surface area (Å²) in [5.41, 5.74) is 5.08. The van der Waals surface area contributed by atoms with Gasteiger partial charge in [0.1, 0.15) is 13.2 Å². The van der Waals surface area contributed by atoms with E-state index >= 15 is 0 Å². The van der Waals surface area contributed by atoms with Crippen molar-refractivity contribution in [2.24, 2.45) is 17.6 Å². The Morgan fingerprint density at radius 1 is 0.880 bits per heavy atom. The smallest absolute Gasteiger partial charge is 0.248 e. The van der Waals surface area contributed by atoms with E-state index < -0.39 is 5.91 Å². The van der Waals surface area contributed by atoms with Crippen LogP contribution < -0.4 is 5.73 Å². The number of nitrogens with two attached hydrogens (primary N) is 1. The summed E-state index contributed by atoms with van der Waals surface area (Å²) in [6, 6.07) is 0. The molecule has 25 heavy (non-hydrogen) atoms. The number of carbonyl (C=O) groups is 2. The average molecular weight is 357 g/mol. The third-order valence-corrected chi connectivity index (χ3v) is 4.87. The van der Waals surface area contributed by atoms with Gasteiger partial charge in [0, 0.05) is 13.1 Å². The molecule has 0 radical (unpaired) electrons. The average Bonchev–Trinajstić information content (AvgIpc) is 2.59. The normalized spacial score (nSPS) is 13.4. The summed E-state index contributed by atoms with van der Waals surface area (Å²) in [5, 5.41) is 0. The number of amides is 2. The minimum Gasteiger partial charge on any atom is -0.368 e. The monoisotopic (exact) mass is 356 g/mol. The van der Waals surface area contributed by atoms with Gasteiger partial charge in [-0.2, -0.15) is 0 Å². The Kier molecular flexibility index (Phi) is 14.5. The molecule has 2 N–H and O–H groups in total. The minimum absolute atomic E-state index is 0.0221. The largest absolute Gasteiger partial charge is 0.368 e. The molecule has 5 nitrogen and oxygen atoms in total.